The predicted octanol–water partition coefficient (Wildman–Crippen LogP) is 3.51. The molecule has 3 heterocycles. The van der Waals surface area contributed by atoms with E-state index in [2.05, 4.69) is 20.6 Å². The zero-order chi connectivity index (χ0) is 17.4. The van der Waals surface area contributed by atoms with E-state index >= 15 is 0 Å². The largest absolute Gasteiger partial charge is 0.451 e. The van der Waals surface area contributed by atoms with Crippen LogP contribution in [0, 0.1) is 0 Å². The predicted molar refractivity (Wildman–Crippen MR) is 90.1 cm³/mol. The first kappa shape index (κ1) is 15.1. The van der Waals surface area contributed by atoms with Crippen LogP contribution in [0.4, 0.5) is 6.01 Å². The van der Waals surface area contributed by atoms with Crippen molar-refractivity contribution in [3.63, 3.8) is 0 Å². The van der Waals surface area contributed by atoms with Crippen molar-refractivity contribution >= 4 is 22.9 Å². The minimum absolute atomic E-state index is 0.0143. The molecule has 1 N–H and O–H groups in total. The zero-order valence-corrected chi connectivity index (χ0v) is 13.6. The van der Waals surface area contributed by atoms with Gasteiger partial charge in [-0.15, -0.1) is 5.10 Å². The Labute approximate surface area is 142 Å². The highest BCUT2D eigenvalue weighted by molar-refractivity contribution is 6.01. The molecule has 0 saturated heterocycles. The van der Waals surface area contributed by atoms with Crippen molar-refractivity contribution < 1.29 is 13.6 Å². The van der Waals surface area contributed by atoms with Gasteiger partial charge in [-0.1, -0.05) is 23.3 Å². The number of rotatable bonds is 4. The molecule has 0 saturated carbocycles. The molecule has 8 heteroatoms. The molecule has 0 radical (unpaired) electrons. The van der Waals surface area contributed by atoms with Gasteiger partial charge in [-0.25, -0.2) is 0 Å². The highest BCUT2D eigenvalue weighted by Gasteiger charge is 2.17. The maximum absolute atomic E-state index is 12.2. The van der Waals surface area contributed by atoms with Crippen molar-refractivity contribution in [3.8, 4) is 11.7 Å². The number of anilines is 1. The zero-order valence-electron chi connectivity index (χ0n) is 13.6. The second kappa shape index (κ2) is 5.90. The van der Waals surface area contributed by atoms with Crippen LogP contribution in [0.1, 0.15) is 30.4 Å². The Morgan fingerprint density at radius 3 is 2.76 bits per heavy atom. The van der Waals surface area contributed by atoms with Crippen molar-refractivity contribution in [1.82, 2.24) is 20.0 Å². The van der Waals surface area contributed by atoms with E-state index in [-0.39, 0.29) is 23.6 Å². The number of hydrogen-bond acceptors (Lipinski definition) is 6. The monoisotopic (exact) mass is 337 g/mol. The van der Waals surface area contributed by atoms with E-state index < -0.39 is 5.91 Å². The standard InChI is InChI=1S/C17H15N5O3/c1-10(2)22-8-7-12(21-22)15(23)18-17-20-19-16(25-17)14-9-11-5-3-4-6-13(11)24-14/h3-10H,1-2H3,(H,18,20,23). The van der Waals surface area contributed by atoms with Gasteiger partial charge in [-0.05, 0) is 32.0 Å². The van der Waals surface area contributed by atoms with Crippen molar-refractivity contribution in [1.29, 1.82) is 0 Å². The van der Waals surface area contributed by atoms with E-state index in [1.54, 1.807) is 23.0 Å². The van der Waals surface area contributed by atoms with Crippen LogP contribution >= 0.6 is 0 Å². The molecule has 126 valence electrons. The van der Waals surface area contributed by atoms with Crippen molar-refractivity contribution in [3.05, 3.63) is 48.3 Å². The lowest BCUT2D eigenvalue weighted by molar-refractivity contribution is 0.101. The van der Waals surface area contributed by atoms with E-state index in [9.17, 15) is 4.79 Å². The fourth-order valence-electron chi connectivity index (χ4n) is 2.37. The maximum atomic E-state index is 12.2. The van der Waals surface area contributed by atoms with E-state index in [0.29, 0.717) is 5.76 Å². The molecule has 0 fully saturated rings. The van der Waals surface area contributed by atoms with Crippen LogP contribution in [0.3, 0.4) is 0 Å². The number of furan rings is 1. The van der Waals surface area contributed by atoms with E-state index in [4.69, 9.17) is 8.83 Å². The van der Waals surface area contributed by atoms with Crippen LogP contribution in [0.15, 0.2) is 51.4 Å². The van der Waals surface area contributed by atoms with Crippen LogP contribution in [0.2, 0.25) is 0 Å². The number of hydrogen-bond donors (Lipinski definition) is 1. The van der Waals surface area contributed by atoms with Gasteiger partial charge >= 0.3 is 6.01 Å². The normalized spacial score (nSPS) is 11.3. The van der Waals surface area contributed by atoms with Crippen LogP contribution < -0.4 is 5.32 Å². The highest BCUT2D eigenvalue weighted by Crippen LogP contribution is 2.27. The quantitative estimate of drug-likeness (QED) is 0.612. The molecule has 1 amide bonds. The molecule has 25 heavy (non-hydrogen) atoms. The smallest absolute Gasteiger partial charge is 0.322 e. The Kier molecular flexibility index (Phi) is 3.57. The Morgan fingerprint density at radius 1 is 1.16 bits per heavy atom. The number of carbonyl (C=O) groups excluding carboxylic acids is 1. The van der Waals surface area contributed by atoms with E-state index in [1.165, 1.54) is 0 Å². The third-order valence-corrected chi connectivity index (χ3v) is 3.65. The summed E-state index contributed by atoms with van der Waals surface area (Å²) in [6.07, 6.45) is 1.74. The van der Waals surface area contributed by atoms with Gasteiger partial charge in [-0.2, -0.15) is 5.10 Å². The first-order valence-corrected chi connectivity index (χ1v) is 7.79. The molecular weight excluding hydrogens is 322 g/mol. The first-order valence-electron chi connectivity index (χ1n) is 7.79. The van der Waals surface area contributed by atoms with Gasteiger partial charge < -0.3 is 8.83 Å². The van der Waals surface area contributed by atoms with Crippen LogP contribution in [-0.4, -0.2) is 25.9 Å². The van der Waals surface area contributed by atoms with E-state index in [0.717, 1.165) is 11.0 Å². The second-order valence-corrected chi connectivity index (χ2v) is 5.79. The number of amides is 1. The topological polar surface area (TPSA) is 99.0 Å². The molecule has 4 aromatic rings. The van der Waals surface area contributed by atoms with E-state index in [1.807, 2.05) is 38.1 Å². The van der Waals surface area contributed by atoms with Gasteiger partial charge in [0.2, 0.25) is 0 Å². The maximum Gasteiger partial charge on any atom is 0.322 e. The number of carbonyl (C=O) groups is 1. The Balaban J connectivity index is 1.53. The lowest BCUT2D eigenvalue weighted by Crippen LogP contribution is -2.14. The second-order valence-electron chi connectivity index (χ2n) is 5.79. The molecule has 3 aromatic heterocycles. The highest BCUT2D eigenvalue weighted by atomic mass is 16.4. The molecule has 4 rings (SSSR count). The molecule has 0 bridgehead atoms. The Bertz CT molecular complexity index is 1010. The summed E-state index contributed by atoms with van der Waals surface area (Å²) in [5.41, 5.74) is 0.998. The minimum atomic E-state index is -0.417. The number of benzene rings is 1. The van der Waals surface area contributed by atoms with Gasteiger partial charge in [0.25, 0.3) is 11.8 Å². The minimum Gasteiger partial charge on any atom is -0.451 e. The third kappa shape index (κ3) is 2.89. The molecule has 0 unspecified atom stereocenters. The van der Waals surface area contributed by atoms with Crippen molar-refractivity contribution in [2.45, 2.75) is 19.9 Å². The van der Waals surface area contributed by atoms with Crippen molar-refractivity contribution in [2.24, 2.45) is 0 Å². The van der Waals surface area contributed by atoms with Crippen LogP contribution in [0.25, 0.3) is 22.6 Å². The van der Waals surface area contributed by atoms with Gasteiger partial charge in [-0.3, -0.25) is 14.8 Å². The Hall–Kier alpha value is -3.42. The average Bonchev–Trinajstić information content (AvgIpc) is 3.33. The van der Waals surface area contributed by atoms with Gasteiger partial charge in [0.15, 0.2) is 11.5 Å². The first-order chi connectivity index (χ1) is 12.1. The van der Waals surface area contributed by atoms with Crippen molar-refractivity contribution in [2.75, 3.05) is 5.32 Å². The lowest BCUT2D eigenvalue weighted by Gasteiger charge is -2.03. The third-order valence-electron chi connectivity index (χ3n) is 3.65. The molecule has 0 aliphatic carbocycles. The van der Waals surface area contributed by atoms with Crippen LogP contribution in [-0.2, 0) is 0 Å². The molecule has 0 aliphatic rings. The summed E-state index contributed by atoms with van der Waals surface area (Å²) < 4.78 is 12.8. The lowest BCUT2D eigenvalue weighted by atomic mass is 10.2. The summed E-state index contributed by atoms with van der Waals surface area (Å²) in [5, 5.41) is 15.4. The van der Waals surface area contributed by atoms with Gasteiger partial charge in [0.1, 0.15) is 5.58 Å². The summed E-state index contributed by atoms with van der Waals surface area (Å²) in [4.78, 5) is 12.2. The average molecular weight is 337 g/mol. The molecule has 0 spiro atoms. The summed E-state index contributed by atoms with van der Waals surface area (Å²) in [6, 6.07) is 11.2. The molecule has 0 atom stereocenters. The Morgan fingerprint density at radius 2 is 2.00 bits per heavy atom. The summed E-state index contributed by atoms with van der Waals surface area (Å²) >= 11 is 0. The number of aromatic nitrogens is 4. The molecule has 8 nitrogen and oxygen atoms in total. The molecule has 1 aromatic carbocycles. The summed E-state index contributed by atoms with van der Waals surface area (Å²) in [7, 11) is 0. The van der Waals surface area contributed by atoms with Gasteiger partial charge in [0.05, 0.1) is 0 Å². The summed E-state index contributed by atoms with van der Waals surface area (Å²) in [5.74, 6) is 0.219. The molecular formula is C17H15N5O3. The number of nitrogens with zero attached hydrogens (tertiary/aromatic N) is 4. The number of fused-ring (bicyclic) bond motifs is 1. The van der Waals surface area contributed by atoms with Gasteiger partial charge in [0, 0.05) is 17.6 Å². The SMILES string of the molecule is CC(C)n1ccc(C(=O)Nc2nnc(-c3cc4ccccc4o3)o2)n1. The fourth-order valence-corrected chi connectivity index (χ4v) is 2.37. The number of nitrogens with one attached hydrogen (secondary N) is 1. The van der Waals surface area contributed by atoms with Crippen LogP contribution in [0.5, 0.6) is 0 Å². The molecule has 0 aliphatic heterocycles. The fraction of sp³-hybridized carbons (Fsp3) is 0.176. The number of para-hydroxylation sites is 1. The summed E-state index contributed by atoms with van der Waals surface area (Å²) in [6.45, 7) is 3.96.